The third-order valence-corrected chi connectivity index (χ3v) is 3.74. The summed E-state index contributed by atoms with van der Waals surface area (Å²) < 4.78 is 5.51. The standard InChI is InChI=1S/C15H25N3O2/c1-4-15(5-2,20-3)11-17-14(19)18-13-8-6-12(10-16)7-9-13/h6-9H,4-5,10-11,16H2,1-3H3,(H2,17,18,19). The highest BCUT2D eigenvalue weighted by Gasteiger charge is 2.25. The van der Waals surface area contributed by atoms with Crippen molar-refractivity contribution in [3.05, 3.63) is 29.8 Å². The third kappa shape index (κ3) is 4.51. The molecule has 0 heterocycles. The first-order valence-corrected chi connectivity index (χ1v) is 6.98. The van der Waals surface area contributed by atoms with Gasteiger partial charge in [0.15, 0.2) is 0 Å². The van der Waals surface area contributed by atoms with E-state index in [-0.39, 0.29) is 11.6 Å². The van der Waals surface area contributed by atoms with E-state index in [1.165, 1.54) is 0 Å². The number of urea groups is 1. The number of carbonyl (C=O) groups excluding carboxylic acids is 1. The zero-order valence-electron chi connectivity index (χ0n) is 12.5. The van der Waals surface area contributed by atoms with Gasteiger partial charge in [0.05, 0.1) is 5.60 Å². The summed E-state index contributed by atoms with van der Waals surface area (Å²) in [5.74, 6) is 0. The Labute approximate surface area is 120 Å². The molecule has 0 bridgehead atoms. The van der Waals surface area contributed by atoms with Gasteiger partial charge in [-0.25, -0.2) is 4.79 Å². The molecule has 0 spiro atoms. The first kappa shape index (κ1) is 16.5. The van der Waals surface area contributed by atoms with E-state index in [1.807, 2.05) is 24.3 Å². The minimum atomic E-state index is -0.291. The fourth-order valence-electron chi connectivity index (χ4n) is 2.00. The van der Waals surface area contributed by atoms with Gasteiger partial charge >= 0.3 is 6.03 Å². The van der Waals surface area contributed by atoms with E-state index in [2.05, 4.69) is 24.5 Å². The maximum atomic E-state index is 11.9. The van der Waals surface area contributed by atoms with E-state index in [0.29, 0.717) is 13.1 Å². The predicted octanol–water partition coefficient (Wildman–Crippen LogP) is 2.47. The van der Waals surface area contributed by atoms with Crippen LogP contribution < -0.4 is 16.4 Å². The van der Waals surface area contributed by atoms with Gasteiger partial charge in [0, 0.05) is 25.9 Å². The van der Waals surface area contributed by atoms with Gasteiger partial charge in [0.2, 0.25) is 0 Å². The molecule has 0 fully saturated rings. The van der Waals surface area contributed by atoms with Crippen LogP contribution in [0.5, 0.6) is 0 Å². The maximum absolute atomic E-state index is 11.9. The van der Waals surface area contributed by atoms with Crippen molar-refractivity contribution in [1.82, 2.24) is 5.32 Å². The van der Waals surface area contributed by atoms with Crippen LogP contribution in [0.2, 0.25) is 0 Å². The highest BCUT2D eigenvalue weighted by Crippen LogP contribution is 2.18. The summed E-state index contributed by atoms with van der Waals surface area (Å²) in [6.07, 6.45) is 1.71. The van der Waals surface area contributed by atoms with Crippen LogP contribution in [0.4, 0.5) is 10.5 Å². The van der Waals surface area contributed by atoms with Crippen LogP contribution in [0, 0.1) is 0 Å². The molecule has 0 saturated carbocycles. The molecule has 1 rings (SSSR count). The van der Waals surface area contributed by atoms with Gasteiger partial charge in [-0.3, -0.25) is 0 Å². The molecule has 5 nitrogen and oxygen atoms in total. The molecule has 1 aromatic rings. The molecule has 0 aliphatic carbocycles. The first-order valence-electron chi connectivity index (χ1n) is 6.98. The number of amides is 2. The number of hydrogen-bond donors (Lipinski definition) is 3. The van der Waals surface area contributed by atoms with Crippen LogP contribution in [-0.2, 0) is 11.3 Å². The molecule has 0 saturated heterocycles. The van der Waals surface area contributed by atoms with Crippen LogP contribution in [-0.4, -0.2) is 25.3 Å². The van der Waals surface area contributed by atoms with E-state index in [9.17, 15) is 4.79 Å². The molecular formula is C15H25N3O2. The number of nitrogens with two attached hydrogens (primary N) is 1. The van der Waals surface area contributed by atoms with Crippen LogP contribution >= 0.6 is 0 Å². The van der Waals surface area contributed by atoms with Crippen molar-refractivity contribution in [3.8, 4) is 0 Å². The minimum absolute atomic E-state index is 0.228. The maximum Gasteiger partial charge on any atom is 0.319 e. The summed E-state index contributed by atoms with van der Waals surface area (Å²) in [5, 5.41) is 5.65. The van der Waals surface area contributed by atoms with Crippen molar-refractivity contribution in [2.24, 2.45) is 5.73 Å². The summed E-state index contributed by atoms with van der Waals surface area (Å²) in [5.41, 5.74) is 7.02. The van der Waals surface area contributed by atoms with Crippen molar-refractivity contribution >= 4 is 11.7 Å². The molecule has 0 aromatic heterocycles. The summed E-state index contributed by atoms with van der Waals surface area (Å²) in [6, 6.07) is 7.24. The van der Waals surface area contributed by atoms with Gasteiger partial charge in [0.1, 0.15) is 0 Å². The zero-order valence-corrected chi connectivity index (χ0v) is 12.5. The van der Waals surface area contributed by atoms with E-state index in [0.717, 1.165) is 24.1 Å². The zero-order chi connectivity index (χ0) is 15.0. The number of benzene rings is 1. The summed E-state index contributed by atoms with van der Waals surface area (Å²) in [7, 11) is 1.68. The first-order chi connectivity index (χ1) is 9.59. The lowest BCUT2D eigenvalue weighted by Gasteiger charge is -2.30. The molecule has 0 atom stereocenters. The molecule has 112 valence electrons. The van der Waals surface area contributed by atoms with Gasteiger partial charge in [-0.1, -0.05) is 26.0 Å². The SMILES string of the molecule is CCC(CC)(CNC(=O)Nc1ccc(CN)cc1)OC. The monoisotopic (exact) mass is 279 g/mol. The Morgan fingerprint density at radius 2 is 1.85 bits per heavy atom. The molecule has 5 heteroatoms. The number of nitrogens with one attached hydrogen (secondary N) is 2. The Morgan fingerprint density at radius 1 is 1.25 bits per heavy atom. The second-order valence-electron chi connectivity index (χ2n) is 4.80. The average molecular weight is 279 g/mol. The van der Waals surface area contributed by atoms with Gasteiger partial charge < -0.3 is 21.1 Å². The number of carbonyl (C=O) groups is 1. The van der Waals surface area contributed by atoms with Crippen molar-refractivity contribution < 1.29 is 9.53 Å². The second kappa shape index (κ2) is 7.87. The molecule has 1 aromatic carbocycles. The van der Waals surface area contributed by atoms with Gasteiger partial charge in [-0.05, 0) is 30.5 Å². The molecule has 2 amide bonds. The molecule has 20 heavy (non-hydrogen) atoms. The van der Waals surface area contributed by atoms with Gasteiger partial charge in [0.25, 0.3) is 0 Å². The lowest BCUT2D eigenvalue weighted by atomic mass is 9.97. The Hall–Kier alpha value is -1.59. The molecule has 0 unspecified atom stereocenters. The quantitative estimate of drug-likeness (QED) is 0.717. The summed E-state index contributed by atoms with van der Waals surface area (Å²) >= 11 is 0. The Balaban J connectivity index is 2.50. The lowest BCUT2D eigenvalue weighted by molar-refractivity contribution is -0.0132. The largest absolute Gasteiger partial charge is 0.376 e. The number of rotatable bonds is 7. The Kier molecular flexibility index (Phi) is 6.48. The van der Waals surface area contributed by atoms with Crippen molar-refractivity contribution in [2.45, 2.75) is 38.8 Å². The van der Waals surface area contributed by atoms with Crippen LogP contribution in [0.3, 0.4) is 0 Å². The average Bonchev–Trinajstić information content (AvgIpc) is 2.50. The fourth-order valence-corrected chi connectivity index (χ4v) is 2.00. The van der Waals surface area contributed by atoms with Crippen molar-refractivity contribution in [2.75, 3.05) is 19.0 Å². The van der Waals surface area contributed by atoms with Gasteiger partial charge in [-0.15, -0.1) is 0 Å². The number of anilines is 1. The smallest absolute Gasteiger partial charge is 0.319 e. The van der Waals surface area contributed by atoms with Crippen LogP contribution in [0.25, 0.3) is 0 Å². The topological polar surface area (TPSA) is 76.4 Å². The number of methoxy groups -OCH3 is 1. The Bertz CT molecular complexity index is 405. The third-order valence-electron chi connectivity index (χ3n) is 3.74. The van der Waals surface area contributed by atoms with Crippen molar-refractivity contribution in [3.63, 3.8) is 0 Å². The molecule has 4 N–H and O–H groups in total. The predicted molar refractivity (Wildman–Crippen MR) is 81.7 cm³/mol. The van der Waals surface area contributed by atoms with E-state index in [1.54, 1.807) is 7.11 Å². The second-order valence-corrected chi connectivity index (χ2v) is 4.80. The van der Waals surface area contributed by atoms with Gasteiger partial charge in [-0.2, -0.15) is 0 Å². The van der Waals surface area contributed by atoms with Crippen LogP contribution in [0.15, 0.2) is 24.3 Å². The molecule has 0 aliphatic heterocycles. The lowest BCUT2D eigenvalue weighted by Crippen LogP contribution is -2.44. The number of hydrogen-bond acceptors (Lipinski definition) is 3. The molecule has 0 radical (unpaired) electrons. The highest BCUT2D eigenvalue weighted by molar-refractivity contribution is 5.89. The summed E-state index contributed by atoms with van der Waals surface area (Å²) in [6.45, 7) is 5.09. The minimum Gasteiger partial charge on any atom is -0.376 e. The van der Waals surface area contributed by atoms with Crippen molar-refractivity contribution in [1.29, 1.82) is 0 Å². The van der Waals surface area contributed by atoms with E-state index < -0.39 is 0 Å². The van der Waals surface area contributed by atoms with E-state index in [4.69, 9.17) is 10.5 Å². The Morgan fingerprint density at radius 3 is 2.30 bits per heavy atom. The molecular weight excluding hydrogens is 254 g/mol. The van der Waals surface area contributed by atoms with Crippen LogP contribution in [0.1, 0.15) is 32.3 Å². The fraction of sp³-hybridized carbons (Fsp3) is 0.533. The summed E-state index contributed by atoms with van der Waals surface area (Å²) in [4.78, 5) is 11.9. The highest BCUT2D eigenvalue weighted by atomic mass is 16.5. The molecule has 0 aliphatic rings. The van der Waals surface area contributed by atoms with E-state index >= 15 is 0 Å². The normalized spacial score (nSPS) is 11.2. The number of ether oxygens (including phenoxy) is 1.